The topological polar surface area (TPSA) is 95.9 Å². The van der Waals surface area contributed by atoms with Crippen LogP contribution >= 0.6 is 0 Å². The fourth-order valence-electron chi connectivity index (χ4n) is 3.03. The highest BCUT2D eigenvalue weighted by molar-refractivity contribution is 7.91. The minimum Gasteiger partial charge on any atom is -0.347 e. The number of sulfone groups is 1. The average Bonchev–Trinajstić information content (AvgIpc) is 2.89. The Balaban J connectivity index is 1.81. The molecule has 0 spiro atoms. The number of benzene rings is 1. The van der Waals surface area contributed by atoms with Crippen LogP contribution in [0.2, 0.25) is 0 Å². The molecule has 25 heavy (non-hydrogen) atoms. The third kappa shape index (κ3) is 3.89. The fourth-order valence-corrected chi connectivity index (χ4v) is 4.70. The standard InChI is InChI=1S/C17H21N3O4S/c1-11-3-4-12(2)15(9-11)20-16(21)6-5-14(19-20)17(22)18-13-7-8-25(23,24)10-13/h3-4,9,13H,5-8,10H2,1-2H3,(H,18,22). The zero-order valence-electron chi connectivity index (χ0n) is 14.3. The minimum atomic E-state index is -3.06. The first-order valence-corrected chi connectivity index (χ1v) is 10.1. The van der Waals surface area contributed by atoms with Gasteiger partial charge in [-0.1, -0.05) is 12.1 Å². The Morgan fingerprint density at radius 2 is 2.04 bits per heavy atom. The lowest BCUT2D eigenvalue weighted by molar-refractivity contribution is -0.119. The Kier molecular flexibility index (Phi) is 4.64. The van der Waals surface area contributed by atoms with Crippen LogP contribution in [0.25, 0.3) is 0 Å². The van der Waals surface area contributed by atoms with Crippen molar-refractivity contribution < 1.29 is 18.0 Å². The normalized spacial score (nSPS) is 22.6. The second-order valence-electron chi connectivity index (χ2n) is 6.62. The van der Waals surface area contributed by atoms with Crippen LogP contribution < -0.4 is 10.3 Å². The summed E-state index contributed by atoms with van der Waals surface area (Å²) in [6.45, 7) is 3.81. The van der Waals surface area contributed by atoms with E-state index >= 15 is 0 Å². The molecule has 134 valence electrons. The molecule has 1 atom stereocenters. The number of carbonyl (C=O) groups is 2. The number of nitrogens with zero attached hydrogens (tertiary/aromatic N) is 2. The van der Waals surface area contributed by atoms with Gasteiger partial charge in [-0.15, -0.1) is 0 Å². The molecular weight excluding hydrogens is 342 g/mol. The van der Waals surface area contributed by atoms with Crippen LogP contribution in [0.4, 0.5) is 5.69 Å². The Morgan fingerprint density at radius 1 is 1.28 bits per heavy atom. The molecule has 1 aromatic carbocycles. The summed E-state index contributed by atoms with van der Waals surface area (Å²) in [7, 11) is -3.06. The molecule has 2 amide bonds. The van der Waals surface area contributed by atoms with Crippen molar-refractivity contribution in [3.63, 3.8) is 0 Å². The summed E-state index contributed by atoms with van der Waals surface area (Å²) in [6.07, 6.45) is 0.870. The molecule has 0 aliphatic carbocycles. The predicted molar refractivity (Wildman–Crippen MR) is 95.3 cm³/mol. The molecule has 2 heterocycles. The summed E-state index contributed by atoms with van der Waals surface area (Å²) in [5.74, 6) is -0.498. The van der Waals surface area contributed by atoms with Gasteiger partial charge in [0.1, 0.15) is 5.71 Å². The van der Waals surface area contributed by atoms with Crippen LogP contribution in [0.3, 0.4) is 0 Å². The van der Waals surface area contributed by atoms with E-state index in [1.165, 1.54) is 5.01 Å². The molecule has 2 aliphatic heterocycles. The zero-order valence-corrected chi connectivity index (χ0v) is 15.1. The van der Waals surface area contributed by atoms with Gasteiger partial charge in [0.15, 0.2) is 9.84 Å². The highest BCUT2D eigenvalue weighted by Gasteiger charge is 2.32. The molecule has 0 bridgehead atoms. The molecule has 3 rings (SSSR count). The number of hydrazone groups is 1. The smallest absolute Gasteiger partial charge is 0.267 e. The number of hydrogen-bond acceptors (Lipinski definition) is 5. The van der Waals surface area contributed by atoms with E-state index in [-0.39, 0.29) is 42.0 Å². The summed E-state index contributed by atoms with van der Waals surface area (Å²) >= 11 is 0. The van der Waals surface area contributed by atoms with Gasteiger partial charge in [-0.25, -0.2) is 13.4 Å². The van der Waals surface area contributed by atoms with Gasteiger partial charge in [-0.05, 0) is 37.5 Å². The summed E-state index contributed by atoms with van der Waals surface area (Å²) in [4.78, 5) is 24.7. The van der Waals surface area contributed by atoms with E-state index in [2.05, 4.69) is 10.4 Å². The van der Waals surface area contributed by atoms with E-state index < -0.39 is 15.7 Å². The van der Waals surface area contributed by atoms with Crippen molar-refractivity contribution in [3.05, 3.63) is 29.3 Å². The number of aryl methyl sites for hydroxylation is 2. The quantitative estimate of drug-likeness (QED) is 0.869. The number of carbonyl (C=O) groups excluding carboxylic acids is 2. The summed E-state index contributed by atoms with van der Waals surface area (Å²) < 4.78 is 23.0. The van der Waals surface area contributed by atoms with Crippen molar-refractivity contribution in [2.75, 3.05) is 16.5 Å². The van der Waals surface area contributed by atoms with Crippen LogP contribution in [0.15, 0.2) is 23.3 Å². The lowest BCUT2D eigenvalue weighted by atomic mass is 10.1. The number of amides is 2. The maximum Gasteiger partial charge on any atom is 0.267 e. The van der Waals surface area contributed by atoms with Crippen LogP contribution in [-0.4, -0.2) is 43.5 Å². The van der Waals surface area contributed by atoms with Crippen molar-refractivity contribution >= 4 is 33.1 Å². The van der Waals surface area contributed by atoms with Crippen LogP contribution in [0, 0.1) is 13.8 Å². The van der Waals surface area contributed by atoms with E-state index in [9.17, 15) is 18.0 Å². The van der Waals surface area contributed by atoms with Crippen molar-refractivity contribution in [1.29, 1.82) is 0 Å². The molecular formula is C17H21N3O4S. The van der Waals surface area contributed by atoms with Gasteiger partial charge in [0, 0.05) is 18.9 Å². The van der Waals surface area contributed by atoms with E-state index in [1.807, 2.05) is 32.0 Å². The maximum atomic E-state index is 12.4. The van der Waals surface area contributed by atoms with Gasteiger partial charge in [0.05, 0.1) is 17.2 Å². The van der Waals surface area contributed by atoms with Crippen LogP contribution in [0.1, 0.15) is 30.4 Å². The lowest BCUT2D eigenvalue weighted by Gasteiger charge is -2.25. The van der Waals surface area contributed by atoms with E-state index in [1.54, 1.807) is 0 Å². The second kappa shape index (κ2) is 6.59. The Hall–Kier alpha value is -2.22. The van der Waals surface area contributed by atoms with E-state index in [0.29, 0.717) is 12.1 Å². The Bertz CT molecular complexity index is 861. The molecule has 1 saturated heterocycles. The summed E-state index contributed by atoms with van der Waals surface area (Å²) in [5, 5.41) is 8.27. The van der Waals surface area contributed by atoms with Crippen molar-refractivity contribution in [3.8, 4) is 0 Å². The van der Waals surface area contributed by atoms with Gasteiger partial charge in [-0.2, -0.15) is 5.10 Å². The van der Waals surface area contributed by atoms with Crippen molar-refractivity contribution in [2.24, 2.45) is 5.10 Å². The Labute approximate surface area is 147 Å². The van der Waals surface area contributed by atoms with Crippen LogP contribution in [-0.2, 0) is 19.4 Å². The molecule has 1 N–H and O–H groups in total. The first-order valence-electron chi connectivity index (χ1n) is 8.24. The Morgan fingerprint density at radius 3 is 2.72 bits per heavy atom. The number of rotatable bonds is 3. The van der Waals surface area contributed by atoms with Crippen molar-refractivity contribution in [1.82, 2.24) is 5.32 Å². The van der Waals surface area contributed by atoms with E-state index in [4.69, 9.17) is 0 Å². The molecule has 7 nitrogen and oxygen atoms in total. The highest BCUT2D eigenvalue weighted by atomic mass is 32.2. The summed E-state index contributed by atoms with van der Waals surface area (Å²) in [6, 6.07) is 5.34. The zero-order chi connectivity index (χ0) is 18.2. The minimum absolute atomic E-state index is 0.0361. The van der Waals surface area contributed by atoms with Gasteiger partial charge in [0.2, 0.25) is 5.91 Å². The van der Waals surface area contributed by atoms with Crippen LogP contribution in [0.5, 0.6) is 0 Å². The van der Waals surface area contributed by atoms with Gasteiger partial charge in [0.25, 0.3) is 5.91 Å². The third-order valence-corrected chi connectivity index (χ3v) is 6.22. The van der Waals surface area contributed by atoms with E-state index in [0.717, 1.165) is 11.1 Å². The fraction of sp³-hybridized carbons (Fsp3) is 0.471. The first kappa shape index (κ1) is 17.6. The number of anilines is 1. The average molecular weight is 363 g/mol. The number of hydrogen-bond donors (Lipinski definition) is 1. The third-order valence-electron chi connectivity index (χ3n) is 4.46. The SMILES string of the molecule is Cc1ccc(C)c(N2N=C(C(=O)NC3CCS(=O)(=O)C3)CCC2=O)c1. The summed E-state index contributed by atoms with van der Waals surface area (Å²) in [5.41, 5.74) is 2.81. The maximum absolute atomic E-state index is 12.4. The molecule has 0 radical (unpaired) electrons. The molecule has 0 aromatic heterocycles. The lowest BCUT2D eigenvalue weighted by Crippen LogP contribution is -2.43. The molecule has 2 aliphatic rings. The molecule has 8 heteroatoms. The molecule has 1 unspecified atom stereocenters. The predicted octanol–water partition coefficient (Wildman–Crippen LogP) is 1.09. The first-order chi connectivity index (χ1) is 11.7. The van der Waals surface area contributed by atoms with Crippen molar-refractivity contribution in [2.45, 2.75) is 39.2 Å². The van der Waals surface area contributed by atoms with Gasteiger partial charge < -0.3 is 5.32 Å². The monoisotopic (exact) mass is 363 g/mol. The largest absolute Gasteiger partial charge is 0.347 e. The highest BCUT2D eigenvalue weighted by Crippen LogP contribution is 2.25. The molecule has 0 saturated carbocycles. The van der Waals surface area contributed by atoms with Gasteiger partial charge >= 0.3 is 0 Å². The molecule has 1 aromatic rings. The number of nitrogens with one attached hydrogen (secondary N) is 1. The molecule has 1 fully saturated rings. The second-order valence-corrected chi connectivity index (χ2v) is 8.84. The van der Waals surface area contributed by atoms with Gasteiger partial charge in [-0.3, -0.25) is 9.59 Å².